The molecule has 6 aromatic carbocycles. The highest BCUT2D eigenvalue weighted by Gasteiger charge is 2.42. The molecule has 0 amide bonds. The van der Waals surface area contributed by atoms with Gasteiger partial charge in [0.25, 0.3) is 0 Å². The van der Waals surface area contributed by atoms with Gasteiger partial charge in [0, 0.05) is 38.1 Å². The number of hydrogen-bond donors (Lipinski definition) is 0. The average Bonchev–Trinajstić information content (AvgIpc) is 3.71. The Labute approximate surface area is 259 Å². The molecule has 212 valence electrons. The molecule has 0 aliphatic heterocycles. The van der Waals surface area contributed by atoms with Crippen LogP contribution >= 0.6 is 0 Å². The molecule has 4 heteroatoms. The molecule has 0 unspecified atom stereocenters. The molecule has 1 aliphatic carbocycles. The third-order valence-electron chi connectivity index (χ3n) is 9.72. The van der Waals surface area contributed by atoms with E-state index in [2.05, 4.69) is 134 Å². The fourth-order valence-corrected chi connectivity index (χ4v) is 7.77. The molecule has 10 rings (SSSR count). The zero-order valence-corrected chi connectivity index (χ0v) is 24.9. The highest BCUT2D eigenvalue weighted by molar-refractivity contribution is 6.20. The second kappa shape index (κ2) is 8.67. The predicted octanol–water partition coefficient (Wildman–Crippen LogP) is 10.6. The minimum Gasteiger partial charge on any atom is -0.457 e. The number of para-hydroxylation sites is 2. The summed E-state index contributed by atoms with van der Waals surface area (Å²) >= 11 is 0. The van der Waals surface area contributed by atoms with Gasteiger partial charge >= 0.3 is 0 Å². The second-order valence-electron chi connectivity index (χ2n) is 12.6. The molecular formula is C41H27N3O. The summed E-state index contributed by atoms with van der Waals surface area (Å²) in [6.45, 7) is 4.58. The van der Waals surface area contributed by atoms with E-state index in [-0.39, 0.29) is 5.41 Å². The number of rotatable bonds is 2. The normalized spacial score (nSPS) is 13.7. The molecule has 0 spiro atoms. The van der Waals surface area contributed by atoms with Gasteiger partial charge in [-0.2, -0.15) is 0 Å². The molecule has 1 aliphatic rings. The average molecular weight is 578 g/mol. The van der Waals surface area contributed by atoms with Gasteiger partial charge in [-0.3, -0.25) is 4.57 Å². The van der Waals surface area contributed by atoms with E-state index >= 15 is 0 Å². The zero-order chi connectivity index (χ0) is 29.9. The van der Waals surface area contributed by atoms with Crippen LogP contribution < -0.4 is 0 Å². The van der Waals surface area contributed by atoms with Crippen molar-refractivity contribution in [1.82, 2.24) is 14.5 Å². The maximum Gasteiger partial charge on any atom is 0.235 e. The van der Waals surface area contributed by atoms with Crippen molar-refractivity contribution < 1.29 is 4.42 Å². The maximum atomic E-state index is 7.09. The minimum atomic E-state index is -0.298. The van der Waals surface area contributed by atoms with Crippen LogP contribution in [0.4, 0.5) is 0 Å². The molecule has 3 heterocycles. The highest BCUT2D eigenvalue weighted by atomic mass is 16.3. The summed E-state index contributed by atoms with van der Waals surface area (Å²) in [5.74, 6) is 1.64. The van der Waals surface area contributed by atoms with Gasteiger partial charge in [-0.25, -0.2) is 9.97 Å². The minimum absolute atomic E-state index is 0.298. The fourth-order valence-electron chi connectivity index (χ4n) is 7.77. The van der Waals surface area contributed by atoms with Gasteiger partial charge in [-0.15, -0.1) is 0 Å². The first-order chi connectivity index (χ1) is 22.1. The first-order valence-corrected chi connectivity index (χ1v) is 15.4. The molecule has 9 aromatic rings. The van der Waals surface area contributed by atoms with Crippen LogP contribution in [0.1, 0.15) is 25.2 Å². The van der Waals surface area contributed by atoms with E-state index in [1.165, 1.54) is 27.5 Å². The Kier molecular flexibility index (Phi) is 4.76. The lowest BCUT2D eigenvalue weighted by Gasteiger charge is -2.21. The largest absolute Gasteiger partial charge is 0.457 e. The summed E-state index contributed by atoms with van der Waals surface area (Å²) in [5, 5.41) is 6.96. The molecule has 0 fully saturated rings. The van der Waals surface area contributed by atoms with Crippen LogP contribution in [-0.4, -0.2) is 14.5 Å². The molecule has 0 bridgehead atoms. The third kappa shape index (κ3) is 3.21. The van der Waals surface area contributed by atoms with Gasteiger partial charge < -0.3 is 4.42 Å². The second-order valence-corrected chi connectivity index (χ2v) is 12.6. The monoisotopic (exact) mass is 577 g/mol. The van der Waals surface area contributed by atoms with Gasteiger partial charge in [0.2, 0.25) is 5.95 Å². The molecular weight excluding hydrogens is 550 g/mol. The van der Waals surface area contributed by atoms with E-state index in [9.17, 15) is 0 Å². The number of nitrogens with zero attached hydrogens (tertiary/aromatic N) is 3. The Morgan fingerprint density at radius 2 is 1.31 bits per heavy atom. The summed E-state index contributed by atoms with van der Waals surface area (Å²) < 4.78 is 9.30. The molecule has 4 nitrogen and oxygen atoms in total. The van der Waals surface area contributed by atoms with E-state index in [4.69, 9.17) is 14.4 Å². The number of furan rings is 1. The van der Waals surface area contributed by atoms with Gasteiger partial charge in [0.1, 0.15) is 11.3 Å². The molecule has 0 saturated heterocycles. The van der Waals surface area contributed by atoms with Crippen molar-refractivity contribution in [2.24, 2.45) is 0 Å². The summed E-state index contributed by atoms with van der Waals surface area (Å²) in [6.07, 6.45) is 0. The predicted molar refractivity (Wildman–Crippen MR) is 184 cm³/mol. The quantitative estimate of drug-likeness (QED) is 0.205. The van der Waals surface area contributed by atoms with E-state index in [0.29, 0.717) is 5.95 Å². The van der Waals surface area contributed by atoms with E-state index in [1.54, 1.807) is 0 Å². The Hall–Kier alpha value is -5.74. The zero-order valence-electron chi connectivity index (χ0n) is 24.9. The Balaban J connectivity index is 1.34. The van der Waals surface area contributed by atoms with Crippen molar-refractivity contribution in [1.29, 1.82) is 0 Å². The Morgan fingerprint density at radius 3 is 2.18 bits per heavy atom. The first-order valence-electron chi connectivity index (χ1n) is 15.4. The maximum absolute atomic E-state index is 7.09. The summed E-state index contributed by atoms with van der Waals surface area (Å²) in [5.41, 5.74) is 9.29. The van der Waals surface area contributed by atoms with Crippen LogP contribution in [0.2, 0.25) is 0 Å². The lowest BCUT2D eigenvalue weighted by atomic mass is 9.83. The van der Waals surface area contributed by atoms with Gasteiger partial charge in [0.05, 0.1) is 16.7 Å². The highest BCUT2D eigenvalue weighted by Crippen LogP contribution is 2.56. The lowest BCUT2D eigenvalue weighted by Crippen LogP contribution is -2.15. The SMILES string of the molecule is CC1(C)c2oc3c(ccc4c5ccccc5n(-c5nc(-c6ccccc6)c6ccccc6n5)c43)c2-c2ccc3ccccc3c21. The van der Waals surface area contributed by atoms with E-state index < -0.39 is 0 Å². The van der Waals surface area contributed by atoms with Crippen LogP contribution in [0, 0.1) is 0 Å². The summed E-state index contributed by atoms with van der Waals surface area (Å²) in [4.78, 5) is 10.5. The van der Waals surface area contributed by atoms with Crippen molar-refractivity contribution in [3.8, 4) is 28.3 Å². The van der Waals surface area contributed by atoms with Crippen molar-refractivity contribution in [2.45, 2.75) is 19.3 Å². The third-order valence-corrected chi connectivity index (χ3v) is 9.72. The van der Waals surface area contributed by atoms with Crippen LogP contribution in [0.3, 0.4) is 0 Å². The topological polar surface area (TPSA) is 43.9 Å². The van der Waals surface area contributed by atoms with Gasteiger partial charge in [-0.1, -0.05) is 109 Å². The van der Waals surface area contributed by atoms with Crippen molar-refractivity contribution >= 4 is 54.5 Å². The van der Waals surface area contributed by atoms with Crippen LogP contribution in [0.5, 0.6) is 0 Å². The van der Waals surface area contributed by atoms with Crippen molar-refractivity contribution in [3.63, 3.8) is 0 Å². The van der Waals surface area contributed by atoms with Gasteiger partial charge in [-0.05, 0) is 53.9 Å². The molecule has 3 aromatic heterocycles. The number of fused-ring (bicyclic) bond motifs is 12. The smallest absolute Gasteiger partial charge is 0.235 e. The first kappa shape index (κ1) is 24.7. The molecule has 0 radical (unpaired) electrons. The lowest BCUT2D eigenvalue weighted by molar-refractivity contribution is 0.467. The van der Waals surface area contributed by atoms with Crippen molar-refractivity contribution in [3.05, 3.63) is 139 Å². The summed E-state index contributed by atoms with van der Waals surface area (Å²) in [7, 11) is 0. The van der Waals surface area contributed by atoms with E-state index in [1.807, 2.05) is 12.1 Å². The van der Waals surface area contributed by atoms with Gasteiger partial charge in [0.15, 0.2) is 5.58 Å². The molecule has 0 atom stereocenters. The van der Waals surface area contributed by atoms with Crippen LogP contribution in [0.15, 0.2) is 132 Å². The van der Waals surface area contributed by atoms with Crippen molar-refractivity contribution in [2.75, 3.05) is 0 Å². The van der Waals surface area contributed by atoms with E-state index in [0.717, 1.165) is 60.7 Å². The Morgan fingerprint density at radius 1 is 0.600 bits per heavy atom. The van der Waals surface area contributed by atoms with Crippen LogP contribution in [0.25, 0.3) is 82.8 Å². The summed E-state index contributed by atoms with van der Waals surface area (Å²) in [6, 6.07) is 44.8. The molecule has 0 saturated carbocycles. The standard InChI is InChI=1S/C41H27N3O/c1-41(2)35-26-15-7-6-12-24(26)20-21-30(35)34-31-23-22-28-27-16-9-11-19-33(27)44(37(28)38(31)45-39(34)41)40-42-32-18-10-8-17-29(32)36(43-40)25-13-4-3-5-14-25/h3-23H,1-2H3. The molecule has 45 heavy (non-hydrogen) atoms. The fraction of sp³-hybridized carbons (Fsp3) is 0.0732. The molecule has 0 N–H and O–H groups in total. The Bertz CT molecular complexity index is 2680. The number of hydrogen-bond acceptors (Lipinski definition) is 3. The van der Waals surface area contributed by atoms with Crippen LogP contribution in [-0.2, 0) is 5.41 Å². The number of benzene rings is 6. The number of aromatic nitrogens is 3.